The van der Waals surface area contributed by atoms with Crippen LogP contribution in [-0.4, -0.2) is 47.4 Å². The van der Waals surface area contributed by atoms with E-state index in [1.54, 1.807) is 17.9 Å². The predicted octanol–water partition coefficient (Wildman–Crippen LogP) is 7.31. The zero-order valence-electron chi connectivity index (χ0n) is 25.6. The molecule has 1 saturated carbocycles. The maximum Gasteiger partial charge on any atom is 0.164 e. The van der Waals surface area contributed by atoms with Crippen molar-refractivity contribution in [2.75, 3.05) is 37.6 Å². The SMILES string of the molecule is C=CNCCC(CCC1CCCCC1)CCN1CCC(c2c(F)cc3c(N4CCC(=C)NC4=C)nn(C)c3c2F)CC1. The smallest absolute Gasteiger partial charge is 0.164 e. The molecule has 0 amide bonds. The average Bonchev–Trinajstić information content (AvgIpc) is 3.31. The van der Waals surface area contributed by atoms with Crippen molar-refractivity contribution in [2.45, 2.75) is 83.0 Å². The number of hydrogen-bond acceptors (Lipinski definition) is 5. The lowest BCUT2D eigenvalue weighted by molar-refractivity contribution is 0.188. The van der Waals surface area contributed by atoms with Crippen molar-refractivity contribution < 1.29 is 8.78 Å². The van der Waals surface area contributed by atoms with Crippen molar-refractivity contribution >= 4 is 16.7 Å². The summed E-state index contributed by atoms with van der Waals surface area (Å²) in [7, 11) is 1.73. The molecule has 6 nitrogen and oxygen atoms in total. The van der Waals surface area contributed by atoms with Gasteiger partial charge in [-0.3, -0.25) is 4.68 Å². The fourth-order valence-corrected chi connectivity index (χ4v) is 7.46. The maximum absolute atomic E-state index is 16.1. The molecule has 2 N–H and O–H groups in total. The van der Waals surface area contributed by atoms with E-state index in [1.165, 1.54) is 63.9 Å². The van der Waals surface area contributed by atoms with E-state index in [9.17, 15) is 0 Å². The third-order valence-electron chi connectivity index (χ3n) is 9.98. The second kappa shape index (κ2) is 14.1. The minimum atomic E-state index is -0.470. The molecule has 3 fully saturated rings. The summed E-state index contributed by atoms with van der Waals surface area (Å²) in [6.07, 6.45) is 16.1. The first-order valence-corrected chi connectivity index (χ1v) is 16.2. The van der Waals surface area contributed by atoms with E-state index in [0.717, 1.165) is 50.6 Å². The predicted molar refractivity (Wildman–Crippen MR) is 169 cm³/mol. The van der Waals surface area contributed by atoms with Gasteiger partial charge >= 0.3 is 0 Å². The number of halogens is 2. The first kappa shape index (κ1) is 30.6. The number of nitrogens with one attached hydrogen (secondary N) is 2. The lowest BCUT2D eigenvalue weighted by Gasteiger charge is -2.34. The van der Waals surface area contributed by atoms with Crippen LogP contribution < -0.4 is 15.5 Å². The van der Waals surface area contributed by atoms with Gasteiger partial charge in [0.25, 0.3) is 0 Å². The Morgan fingerprint density at radius 1 is 1.07 bits per heavy atom. The number of hydrogen-bond donors (Lipinski definition) is 2. The minimum Gasteiger partial charge on any atom is -0.391 e. The fourth-order valence-electron chi connectivity index (χ4n) is 7.46. The molecule has 42 heavy (non-hydrogen) atoms. The van der Waals surface area contributed by atoms with Crippen LogP contribution in [0.25, 0.3) is 10.9 Å². The molecule has 0 bridgehead atoms. The average molecular weight is 581 g/mol. The number of nitrogens with zero attached hydrogens (tertiary/aromatic N) is 4. The molecule has 1 unspecified atom stereocenters. The third kappa shape index (κ3) is 7.01. The Morgan fingerprint density at radius 2 is 1.83 bits per heavy atom. The fraction of sp³-hybridized carbons (Fsp3) is 0.618. The van der Waals surface area contributed by atoms with Gasteiger partial charge < -0.3 is 20.4 Å². The monoisotopic (exact) mass is 580 g/mol. The normalized spacial score (nSPS) is 20.2. The molecule has 0 spiro atoms. The highest BCUT2D eigenvalue weighted by Gasteiger charge is 2.31. The number of rotatable bonds is 12. The lowest BCUT2D eigenvalue weighted by Crippen LogP contribution is -2.37. The van der Waals surface area contributed by atoms with E-state index in [4.69, 9.17) is 0 Å². The van der Waals surface area contributed by atoms with Crippen LogP contribution in [0.3, 0.4) is 0 Å². The number of benzene rings is 1. The Balaban J connectivity index is 1.20. The van der Waals surface area contributed by atoms with Crippen LogP contribution in [0.1, 0.15) is 88.5 Å². The highest BCUT2D eigenvalue weighted by Crippen LogP contribution is 2.39. The van der Waals surface area contributed by atoms with Crippen LogP contribution in [-0.2, 0) is 7.05 Å². The van der Waals surface area contributed by atoms with Gasteiger partial charge in [-0.15, -0.1) is 0 Å². The zero-order chi connectivity index (χ0) is 29.6. The molecule has 2 aromatic rings. The molecule has 5 rings (SSSR count). The summed E-state index contributed by atoms with van der Waals surface area (Å²) in [6.45, 7) is 16.2. The molecular weight excluding hydrogens is 530 g/mol. The molecule has 8 heteroatoms. The highest BCUT2D eigenvalue weighted by atomic mass is 19.1. The lowest BCUT2D eigenvalue weighted by atomic mass is 9.82. The van der Waals surface area contributed by atoms with Gasteiger partial charge in [-0.2, -0.15) is 5.10 Å². The van der Waals surface area contributed by atoms with Crippen LogP contribution >= 0.6 is 0 Å². The molecule has 1 atom stereocenters. The summed E-state index contributed by atoms with van der Waals surface area (Å²) in [5.74, 6) is 1.70. The number of piperidine rings is 1. The van der Waals surface area contributed by atoms with Gasteiger partial charge in [0.15, 0.2) is 11.6 Å². The Bertz CT molecular complexity index is 1250. The first-order chi connectivity index (χ1) is 20.4. The summed E-state index contributed by atoms with van der Waals surface area (Å²) >= 11 is 0. The second-order valence-corrected chi connectivity index (χ2v) is 12.8. The summed E-state index contributed by atoms with van der Waals surface area (Å²) in [5.41, 5.74) is 1.46. The summed E-state index contributed by atoms with van der Waals surface area (Å²) in [5, 5.41) is 11.5. The van der Waals surface area contributed by atoms with Gasteiger partial charge in [0.1, 0.15) is 17.2 Å². The van der Waals surface area contributed by atoms with Crippen LogP contribution in [0, 0.1) is 23.5 Å². The molecule has 2 saturated heterocycles. The Kier molecular flexibility index (Phi) is 10.2. The quantitative estimate of drug-likeness (QED) is 0.258. The molecule has 1 aromatic carbocycles. The molecule has 1 aromatic heterocycles. The molecule has 2 aliphatic heterocycles. The second-order valence-electron chi connectivity index (χ2n) is 12.8. The van der Waals surface area contributed by atoms with Crippen molar-refractivity contribution in [3.8, 4) is 0 Å². The van der Waals surface area contributed by atoms with Crippen molar-refractivity contribution in [2.24, 2.45) is 18.9 Å². The Labute approximate surface area is 250 Å². The summed E-state index contributed by atoms with van der Waals surface area (Å²) < 4.78 is 33.2. The number of aromatic nitrogens is 2. The van der Waals surface area contributed by atoms with Gasteiger partial charge in [-0.05, 0) is 75.3 Å². The molecule has 230 valence electrons. The van der Waals surface area contributed by atoms with Gasteiger partial charge in [-0.1, -0.05) is 64.7 Å². The van der Waals surface area contributed by atoms with E-state index in [1.807, 2.05) is 4.90 Å². The zero-order valence-corrected chi connectivity index (χ0v) is 25.6. The Hall–Kier alpha value is -2.87. The number of anilines is 1. The topological polar surface area (TPSA) is 48.4 Å². The molecule has 3 aliphatic rings. The van der Waals surface area contributed by atoms with E-state index in [-0.39, 0.29) is 11.5 Å². The summed E-state index contributed by atoms with van der Waals surface area (Å²) in [4.78, 5) is 4.38. The van der Waals surface area contributed by atoms with Crippen molar-refractivity contribution in [3.05, 3.63) is 60.7 Å². The van der Waals surface area contributed by atoms with Crippen LogP contribution in [0.15, 0.2) is 43.5 Å². The number of aryl methyl sites for hydroxylation is 1. The number of likely N-dealkylation sites (tertiary alicyclic amines) is 1. The van der Waals surface area contributed by atoms with Gasteiger partial charge in [-0.25, -0.2) is 8.78 Å². The van der Waals surface area contributed by atoms with Crippen LogP contribution in [0.5, 0.6) is 0 Å². The minimum absolute atomic E-state index is 0.127. The maximum atomic E-state index is 16.1. The molecule has 3 heterocycles. The highest BCUT2D eigenvalue weighted by molar-refractivity contribution is 5.92. The van der Waals surface area contributed by atoms with Gasteiger partial charge in [0.2, 0.25) is 0 Å². The van der Waals surface area contributed by atoms with Gasteiger partial charge in [0, 0.05) is 37.8 Å². The van der Waals surface area contributed by atoms with Gasteiger partial charge in [0.05, 0.1) is 5.39 Å². The van der Waals surface area contributed by atoms with Crippen molar-refractivity contribution in [3.63, 3.8) is 0 Å². The number of fused-ring (bicyclic) bond motifs is 1. The third-order valence-corrected chi connectivity index (χ3v) is 9.98. The van der Waals surface area contributed by atoms with Crippen LogP contribution in [0.4, 0.5) is 14.6 Å². The van der Waals surface area contributed by atoms with Crippen LogP contribution in [0.2, 0.25) is 0 Å². The summed E-state index contributed by atoms with van der Waals surface area (Å²) in [6, 6.07) is 1.48. The molecule has 1 aliphatic carbocycles. The van der Waals surface area contributed by atoms with E-state index in [0.29, 0.717) is 41.4 Å². The molecular formula is C34H50F2N6. The Morgan fingerprint density at radius 3 is 2.55 bits per heavy atom. The standard InChI is InChI=1S/C34H50F2N6/c1-5-37-18-13-27(12-11-26-9-7-6-8-10-26)15-19-41-20-16-28(17-21-41)31-30(35)23-29-33(32(31)36)40(4)39-34(29)42-22-14-24(2)38-25(42)3/h5,23,26-28,37-38H,1-3,6-22H2,4H3. The first-order valence-electron chi connectivity index (χ1n) is 16.2. The molecule has 0 radical (unpaired) electrons. The van der Waals surface area contributed by atoms with Crippen molar-refractivity contribution in [1.29, 1.82) is 0 Å². The largest absolute Gasteiger partial charge is 0.391 e. The van der Waals surface area contributed by atoms with E-state index in [2.05, 4.69) is 40.4 Å². The van der Waals surface area contributed by atoms with Crippen molar-refractivity contribution in [1.82, 2.24) is 25.3 Å². The van der Waals surface area contributed by atoms with E-state index < -0.39 is 11.6 Å². The van der Waals surface area contributed by atoms with E-state index >= 15 is 8.78 Å².